The highest BCUT2D eigenvalue weighted by Gasteiger charge is 2.08. The average molecular weight is 421 g/mol. The number of hydrogen-bond donors (Lipinski definition) is 1. The van der Waals surface area contributed by atoms with Crippen molar-refractivity contribution < 1.29 is 19.3 Å². The third-order valence-corrected chi connectivity index (χ3v) is 4.91. The molecule has 0 spiro atoms. The zero-order chi connectivity index (χ0) is 21.7. The molecule has 3 aromatic carbocycles. The molecule has 0 bridgehead atoms. The Morgan fingerprint density at radius 2 is 1.58 bits per heavy atom. The van der Waals surface area contributed by atoms with Gasteiger partial charge in [0.2, 0.25) is 0 Å². The standard InChI is InChI=1S/C27H32O4/c1-22-13-14-26(27(19-22)31-17-6-5-15-28)24-11-7-12-25(20-24)30-18-8-16-29-21-23-9-3-2-4-10-23/h2-4,7,9-14,19-20,28H,5-6,8,15-18,21H2,1H3. The van der Waals surface area contributed by atoms with E-state index in [1.807, 2.05) is 30.3 Å². The van der Waals surface area contributed by atoms with Crippen molar-refractivity contribution in [1.29, 1.82) is 0 Å². The Balaban J connectivity index is 1.51. The second-order valence-corrected chi connectivity index (χ2v) is 7.55. The van der Waals surface area contributed by atoms with Gasteiger partial charge in [-0.2, -0.15) is 0 Å². The smallest absolute Gasteiger partial charge is 0.127 e. The number of aliphatic hydroxyl groups excluding tert-OH is 1. The maximum Gasteiger partial charge on any atom is 0.127 e. The monoisotopic (exact) mass is 420 g/mol. The zero-order valence-corrected chi connectivity index (χ0v) is 18.3. The maximum absolute atomic E-state index is 8.96. The number of rotatable bonds is 13. The Hall–Kier alpha value is -2.82. The molecule has 0 heterocycles. The summed E-state index contributed by atoms with van der Waals surface area (Å²) in [5.74, 6) is 1.71. The molecule has 0 aromatic heterocycles. The molecule has 3 rings (SSSR count). The van der Waals surface area contributed by atoms with Crippen LogP contribution in [0.1, 0.15) is 30.4 Å². The van der Waals surface area contributed by atoms with Gasteiger partial charge in [-0.15, -0.1) is 0 Å². The predicted octanol–water partition coefficient (Wildman–Crippen LogP) is 5.80. The SMILES string of the molecule is Cc1ccc(-c2cccc(OCCCOCc3ccccc3)c2)c(OCCCCO)c1. The second-order valence-electron chi connectivity index (χ2n) is 7.55. The van der Waals surface area contributed by atoms with Gasteiger partial charge in [0.05, 0.1) is 26.4 Å². The van der Waals surface area contributed by atoms with Crippen LogP contribution in [0.2, 0.25) is 0 Å². The lowest BCUT2D eigenvalue weighted by Crippen LogP contribution is -2.03. The quantitative estimate of drug-likeness (QED) is 0.355. The summed E-state index contributed by atoms with van der Waals surface area (Å²) in [5, 5.41) is 8.96. The molecule has 0 amide bonds. The molecule has 31 heavy (non-hydrogen) atoms. The highest BCUT2D eigenvalue weighted by atomic mass is 16.5. The lowest BCUT2D eigenvalue weighted by atomic mass is 10.0. The van der Waals surface area contributed by atoms with Crippen molar-refractivity contribution in [1.82, 2.24) is 0 Å². The number of benzene rings is 3. The van der Waals surface area contributed by atoms with Crippen molar-refractivity contribution in [3.8, 4) is 22.6 Å². The molecule has 0 radical (unpaired) electrons. The molecular formula is C27H32O4. The molecule has 0 aliphatic rings. The molecule has 1 N–H and O–H groups in total. The van der Waals surface area contributed by atoms with Gasteiger partial charge in [-0.25, -0.2) is 0 Å². The van der Waals surface area contributed by atoms with Crippen molar-refractivity contribution in [2.24, 2.45) is 0 Å². The van der Waals surface area contributed by atoms with Crippen LogP contribution in [0, 0.1) is 6.92 Å². The fourth-order valence-electron chi connectivity index (χ4n) is 3.25. The first-order chi connectivity index (χ1) is 15.3. The first-order valence-electron chi connectivity index (χ1n) is 11.0. The van der Waals surface area contributed by atoms with Crippen LogP contribution >= 0.6 is 0 Å². The van der Waals surface area contributed by atoms with Crippen LogP contribution in [0.25, 0.3) is 11.1 Å². The van der Waals surface area contributed by atoms with Gasteiger partial charge in [0.25, 0.3) is 0 Å². The molecule has 3 aromatic rings. The highest BCUT2D eigenvalue weighted by Crippen LogP contribution is 2.33. The Bertz CT molecular complexity index is 908. The fourth-order valence-corrected chi connectivity index (χ4v) is 3.25. The molecular weight excluding hydrogens is 388 g/mol. The van der Waals surface area contributed by atoms with Crippen molar-refractivity contribution in [3.05, 3.63) is 83.9 Å². The number of hydrogen-bond acceptors (Lipinski definition) is 4. The van der Waals surface area contributed by atoms with E-state index in [1.165, 1.54) is 5.56 Å². The van der Waals surface area contributed by atoms with Gasteiger partial charge < -0.3 is 19.3 Å². The van der Waals surface area contributed by atoms with Gasteiger partial charge in [0, 0.05) is 18.6 Å². The van der Waals surface area contributed by atoms with Gasteiger partial charge in [-0.3, -0.25) is 0 Å². The summed E-state index contributed by atoms with van der Waals surface area (Å²) >= 11 is 0. The number of aryl methyl sites for hydroxylation is 1. The summed E-state index contributed by atoms with van der Waals surface area (Å²) in [6.45, 7) is 4.75. The molecule has 4 nitrogen and oxygen atoms in total. The minimum atomic E-state index is 0.195. The van der Waals surface area contributed by atoms with Crippen LogP contribution in [0.15, 0.2) is 72.8 Å². The van der Waals surface area contributed by atoms with Crippen molar-refractivity contribution in [2.75, 3.05) is 26.4 Å². The molecule has 0 atom stereocenters. The summed E-state index contributed by atoms with van der Waals surface area (Å²) < 4.78 is 17.7. The molecule has 164 valence electrons. The van der Waals surface area contributed by atoms with E-state index in [0.717, 1.165) is 47.5 Å². The molecule has 0 saturated heterocycles. The summed E-state index contributed by atoms with van der Waals surface area (Å²) in [5.41, 5.74) is 4.45. The van der Waals surface area contributed by atoms with E-state index >= 15 is 0 Å². The van der Waals surface area contributed by atoms with Crippen molar-refractivity contribution >= 4 is 0 Å². The lowest BCUT2D eigenvalue weighted by molar-refractivity contribution is 0.107. The molecule has 4 heteroatoms. The Morgan fingerprint density at radius 1 is 0.742 bits per heavy atom. The average Bonchev–Trinajstić information content (AvgIpc) is 2.80. The summed E-state index contributed by atoms with van der Waals surface area (Å²) in [6.07, 6.45) is 2.42. The minimum absolute atomic E-state index is 0.195. The number of ether oxygens (including phenoxy) is 3. The number of aliphatic hydroxyl groups is 1. The molecule has 0 aliphatic carbocycles. The predicted molar refractivity (Wildman–Crippen MR) is 125 cm³/mol. The topological polar surface area (TPSA) is 47.9 Å². The second kappa shape index (κ2) is 12.8. The van der Waals surface area contributed by atoms with Crippen LogP contribution in [0.3, 0.4) is 0 Å². The van der Waals surface area contributed by atoms with Crippen LogP contribution in [0.4, 0.5) is 0 Å². The van der Waals surface area contributed by atoms with E-state index < -0.39 is 0 Å². The van der Waals surface area contributed by atoms with Gasteiger partial charge in [-0.1, -0.05) is 54.6 Å². The Kier molecular flexibility index (Phi) is 9.42. The largest absolute Gasteiger partial charge is 0.493 e. The third-order valence-electron chi connectivity index (χ3n) is 4.91. The van der Waals surface area contributed by atoms with E-state index in [9.17, 15) is 0 Å². The zero-order valence-electron chi connectivity index (χ0n) is 18.3. The van der Waals surface area contributed by atoms with Crippen molar-refractivity contribution in [3.63, 3.8) is 0 Å². The normalized spacial score (nSPS) is 10.8. The van der Waals surface area contributed by atoms with Gasteiger partial charge in [0.1, 0.15) is 11.5 Å². The van der Waals surface area contributed by atoms with E-state index in [1.54, 1.807) is 0 Å². The summed E-state index contributed by atoms with van der Waals surface area (Å²) in [7, 11) is 0. The first-order valence-corrected chi connectivity index (χ1v) is 11.0. The van der Waals surface area contributed by atoms with E-state index in [0.29, 0.717) is 26.4 Å². The van der Waals surface area contributed by atoms with Crippen LogP contribution in [-0.2, 0) is 11.3 Å². The third kappa shape index (κ3) is 7.74. The first kappa shape index (κ1) is 22.9. The molecule has 0 saturated carbocycles. The van der Waals surface area contributed by atoms with Crippen LogP contribution < -0.4 is 9.47 Å². The highest BCUT2D eigenvalue weighted by molar-refractivity contribution is 5.72. The minimum Gasteiger partial charge on any atom is -0.493 e. The summed E-state index contributed by atoms with van der Waals surface area (Å²) in [4.78, 5) is 0. The van der Waals surface area contributed by atoms with Crippen molar-refractivity contribution in [2.45, 2.75) is 32.8 Å². The van der Waals surface area contributed by atoms with E-state index in [2.05, 4.69) is 49.4 Å². The Morgan fingerprint density at radius 3 is 2.42 bits per heavy atom. The summed E-state index contributed by atoms with van der Waals surface area (Å²) in [6, 6.07) is 24.5. The van der Waals surface area contributed by atoms with E-state index in [4.69, 9.17) is 19.3 Å². The van der Waals surface area contributed by atoms with E-state index in [-0.39, 0.29) is 6.61 Å². The van der Waals surface area contributed by atoms with Gasteiger partial charge >= 0.3 is 0 Å². The molecule has 0 unspecified atom stereocenters. The lowest BCUT2D eigenvalue weighted by Gasteiger charge is -2.14. The fraction of sp³-hybridized carbons (Fsp3) is 0.333. The maximum atomic E-state index is 8.96. The molecule has 0 fully saturated rings. The van der Waals surface area contributed by atoms with Crippen LogP contribution in [-0.4, -0.2) is 31.5 Å². The Labute approximate surface area is 185 Å². The van der Waals surface area contributed by atoms with Gasteiger partial charge in [-0.05, 0) is 54.7 Å². The van der Waals surface area contributed by atoms with Gasteiger partial charge in [0.15, 0.2) is 0 Å². The number of unbranched alkanes of at least 4 members (excludes halogenated alkanes) is 1. The molecule has 0 aliphatic heterocycles. The van der Waals surface area contributed by atoms with Crippen LogP contribution in [0.5, 0.6) is 11.5 Å².